The van der Waals surface area contributed by atoms with Crippen molar-refractivity contribution in [2.24, 2.45) is 0 Å². The number of piperazine rings is 1. The van der Waals surface area contributed by atoms with Gasteiger partial charge in [-0.2, -0.15) is 16.7 Å². The summed E-state index contributed by atoms with van der Waals surface area (Å²) in [5.41, 5.74) is 2.72. The summed E-state index contributed by atoms with van der Waals surface area (Å²) in [6.07, 6.45) is 8.32. The Morgan fingerprint density at radius 3 is 2.11 bits per heavy atom. The molecule has 0 aliphatic carbocycles. The highest BCUT2D eigenvalue weighted by Crippen LogP contribution is 2.48. The molecule has 7 rings (SSSR count). The minimum Gasteiger partial charge on any atom is -0.495 e. The predicted molar refractivity (Wildman–Crippen MR) is 304 cm³/mol. The van der Waals surface area contributed by atoms with Crippen LogP contribution in [0.4, 0.5) is 44.1 Å². The second-order valence-electron chi connectivity index (χ2n) is 19.1. The Kier molecular flexibility index (Phi) is 23.2. The molecule has 0 radical (unpaired) electrons. The number of hydrogen-bond donors (Lipinski definition) is 6. The van der Waals surface area contributed by atoms with E-state index in [9.17, 15) is 28.8 Å². The summed E-state index contributed by atoms with van der Waals surface area (Å²) < 4.78 is 27.6. The van der Waals surface area contributed by atoms with Crippen LogP contribution in [0.15, 0.2) is 43.1 Å². The molecule has 0 spiro atoms. The van der Waals surface area contributed by atoms with Gasteiger partial charge in [-0.05, 0) is 56.4 Å². The largest absolute Gasteiger partial charge is 0.495 e. The first-order valence-corrected chi connectivity index (χ1v) is 28.4. The molecule has 8 amide bonds. The number of methoxy groups -OCH3 is 2. The summed E-state index contributed by atoms with van der Waals surface area (Å²) >= 11 is 15.3. The van der Waals surface area contributed by atoms with Crippen LogP contribution in [-0.4, -0.2) is 174 Å². The molecule has 6 N–H and O–H groups in total. The van der Waals surface area contributed by atoms with Crippen LogP contribution < -0.4 is 56.1 Å². The fourth-order valence-electron chi connectivity index (χ4n) is 9.50. The van der Waals surface area contributed by atoms with E-state index in [0.29, 0.717) is 126 Å². The van der Waals surface area contributed by atoms with Crippen molar-refractivity contribution in [3.63, 3.8) is 0 Å². The number of thioether (sulfide) groups is 1. The van der Waals surface area contributed by atoms with E-state index in [1.807, 2.05) is 17.8 Å². The van der Waals surface area contributed by atoms with Crippen LogP contribution >= 0.6 is 35.0 Å². The Morgan fingerprint density at radius 2 is 1.47 bits per heavy atom. The van der Waals surface area contributed by atoms with Crippen molar-refractivity contribution in [2.75, 3.05) is 131 Å². The third kappa shape index (κ3) is 16.9. The molecule has 4 aliphatic rings. The number of anilines is 6. The van der Waals surface area contributed by atoms with Gasteiger partial charge in [0.05, 0.1) is 76.3 Å². The van der Waals surface area contributed by atoms with E-state index in [0.717, 1.165) is 37.1 Å². The molecule has 5 heterocycles. The van der Waals surface area contributed by atoms with E-state index in [-0.39, 0.29) is 94.3 Å². The molecule has 3 aromatic rings. The van der Waals surface area contributed by atoms with Gasteiger partial charge in [-0.25, -0.2) is 14.6 Å². The number of nitrogens with one attached hydrogen (secondary N) is 6. The number of rotatable bonds is 31. The number of nitrogens with zero attached hydrogens (tertiary/aromatic N) is 6. The van der Waals surface area contributed by atoms with Crippen LogP contribution in [0.2, 0.25) is 10.0 Å². The number of aromatic nitrogens is 2. The quantitative estimate of drug-likeness (QED) is 0.0251. The minimum atomic E-state index is -0.448. The smallest absolute Gasteiger partial charge is 0.330 e. The molecule has 23 nitrogen and oxygen atoms in total. The minimum absolute atomic E-state index is 0.0355. The number of amides is 8. The standard InChI is InChI=1S/C53H72Cl2N12O11S/c1-5-42(68)59-35-15-16-36(60-51-58-31-34-32-67(53(73)64(2)50(34)63-51)49-46(54)39(74-3)30-40(75-4)47(49)55)38(29-35)65-19-21-66(22-20-65)45(71)14-8-13-44(70)57-18-10-24-77-26-28-78-27-25-76-23-9-17-56-43(69)12-7-6-11-41-48-37(33-79-41)61-52(72)62-48/h5,15-16,29-31,37,41,48H,1,6-14,17-28,32-33H2,2-4H3,(H,56,69)(H,57,70)(H,59,68)(H,58,60,63)(H2,61,62,72)/t37-,41-,48-/m0/s1. The molecule has 26 heteroatoms. The Morgan fingerprint density at radius 1 is 0.823 bits per heavy atom. The molecule has 3 saturated heterocycles. The van der Waals surface area contributed by atoms with Gasteiger partial charge in [0, 0.05) is 113 Å². The molecule has 2 aromatic carbocycles. The van der Waals surface area contributed by atoms with Crippen LogP contribution in [0.5, 0.6) is 11.5 Å². The zero-order valence-electron chi connectivity index (χ0n) is 45.0. The van der Waals surface area contributed by atoms with Crippen LogP contribution in [0, 0.1) is 0 Å². The zero-order chi connectivity index (χ0) is 56.3. The first-order valence-electron chi connectivity index (χ1n) is 26.6. The maximum Gasteiger partial charge on any atom is 0.330 e. The summed E-state index contributed by atoms with van der Waals surface area (Å²) in [6.45, 7) is 9.22. The Balaban J connectivity index is 0.739. The number of benzene rings is 2. The van der Waals surface area contributed by atoms with Crippen molar-refractivity contribution in [1.29, 1.82) is 0 Å². The lowest BCUT2D eigenvalue weighted by atomic mass is 10.0. The highest BCUT2D eigenvalue weighted by atomic mass is 35.5. The van der Waals surface area contributed by atoms with Crippen LogP contribution in [0.3, 0.4) is 0 Å². The molecule has 430 valence electrons. The second-order valence-corrected chi connectivity index (χ2v) is 21.1. The van der Waals surface area contributed by atoms with E-state index in [1.165, 1.54) is 30.1 Å². The number of unbranched alkanes of at least 4 members (excludes halogenated alkanes) is 1. The SMILES string of the molecule is C=CC(=O)Nc1ccc(Nc2ncc3c(n2)N(C)C(=O)N(c2c(Cl)c(OC)cc(OC)c2Cl)C3)c(N2CCN(C(=O)CCCC(=O)NCCCOCCOCCOCCCNC(=O)CCCC[C@@H]3SC[C@@H]4NC(=O)N[C@@H]43)CC2)c1. The predicted octanol–water partition coefficient (Wildman–Crippen LogP) is 5.85. The fraction of sp³-hybridized carbons (Fsp3) is 0.547. The zero-order valence-corrected chi connectivity index (χ0v) is 47.3. The molecule has 3 fully saturated rings. The summed E-state index contributed by atoms with van der Waals surface area (Å²) in [7, 11) is 4.49. The molecular formula is C53H72Cl2N12O11S. The third-order valence-electron chi connectivity index (χ3n) is 13.7. The van der Waals surface area contributed by atoms with Crippen molar-refractivity contribution in [3.05, 3.63) is 58.7 Å². The number of ether oxygens (including phenoxy) is 5. The number of urea groups is 2. The summed E-state index contributed by atoms with van der Waals surface area (Å²) in [5.74, 6) is 1.61. The van der Waals surface area contributed by atoms with E-state index >= 15 is 0 Å². The van der Waals surface area contributed by atoms with Gasteiger partial charge in [0.1, 0.15) is 27.4 Å². The lowest BCUT2D eigenvalue weighted by Crippen LogP contribution is -2.49. The highest BCUT2D eigenvalue weighted by Gasteiger charge is 2.42. The van der Waals surface area contributed by atoms with Gasteiger partial charge in [-0.15, -0.1) is 0 Å². The maximum absolute atomic E-state index is 13.9. The third-order valence-corrected chi connectivity index (χ3v) is 15.9. The number of carbonyl (C=O) groups is 6. The first-order chi connectivity index (χ1) is 38.3. The molecule has 79 heavy (non-hydrogen) atoms. The Hall–Kier alpha value is -6.31. The van der Waals surface area contributed by atoms with E-state index in [2.05, 4.69) is 48.4 Å². The fourth-order valence-corrected chi connectivity index (χ4v) is 11.7. The highest BCUT2D eigenvalue weighted by molar-refractivity contribution is 8.00. The first kappa shape index (κ1) is 60.3. The van der Waals surface area contributed by atoms with Gasteiger partial charge >= 0.3 is 12.1 Å². The van der Waals surface area contributed by atoms with Crippen molar-refractivity contribution < 1.29 is 52.5 Å². The van der Waals surface area contributed by atoms with E-state index in [4.69, 9.17) is 51.9 Å². The normalized spacial score (nSPS) is 17.6. The second kappa shape index (κ2) is 30.3. The summed E-state index contributed by atoms with van der Waals surface area (Å²) in [6, 6.07) is 6.80. The molecular weight excluding hydrogens is 1080 g/mol. The summed E-state index contributed by atoms with van der Waals surface area (Å²) in [4.78, 5) is 91.7. The molecule has 3 atom stereocenters. The van der Waals surface area contributed by atoms with Gasteiger partial charge in [0.2, 0.25) is 29.6 Å². The van der Waals surface area contributed by atoms with Crippen LogP contribution in [-0.2, 0) is 39.9 Å². The van der Waals surface area contributed by atoms with Gasteiger partial charge < -0.3 is 65.4 Å². The average molecular weight is 1160 g/mol. The topological polar surface area (TPSA) is 259 Å². The lowest BCUT2D eigenvalue weighted by molar-refractivity contribution is -0.131. The van der Waals surface area contributed by atoms with E-state index < -0.39 is 6.03 Å². The van der Waals surface area contributed by atoms with Gasteiger partial charge in [-0.1, -0.05) is 36.2 Å². The average Bonchev–Trinajstić information content (AvgIpc) is 4.01. The van der Waals surface area contributed by atoms with Crippen molar-refractivity contribution in [2.45, 2.75) is 81.7 Å². The van der Waals surface area contributed by atoms with Crippen LogP contribution in [0.25, 0.3) is 0 Å². The Labute approximate surface area is 474 Å². The summed E-state index contributed by atoms with van der Waals surface area (Å²) in [5, 5.41) is 18.6. The maximum atomic E-state index is 13.9. The number of carbonyl (C=O) groups excluding carboxylic acids is 6. The number of fused-ring (bicyclic) bond motifs is 2. The monoisotopic (exact) mass is 1150 g/mol. The van der Waals surface area contributed by atoms with E-state index in [1.54, 1.807) is 36.3 Å². The van der Waals surface area contributed by atoms with Gasteiger partial charge in [0.15, 0.2) is 0 Å². The van der Waals surface area contributed by atoms with Crippen molar-refractivity contribution in [1.82, 2.24) is 36.1 Å². The lowest BCUT2D eigenvalue weighted by Gasteiger charge is -2.37. The van der Waals surface area contributed by atoms with Crippen molar-refractivity contribution >= 4 is 105 Å². The number of halogens is 2. The molecule has 0 saturated carbocycles. The Bertz CT molecular complexity index is 2600. The molecule has 0 unspecified atom stereocenters. The molecule has 0 bridgehead atoms. The van der Waals surface area contributed by atoms with Gasteiger partial charge in [-0.3, -0.25) is 29.0 Å². The molecule has 1 aromatic heterocycles. The molecule has 4 aliphatic heterocycles. The van der Waals surface area contributed by atoms with Gasteiger partial charge in [0.25, 0.3) is 0 Å². The van der Waals surface area contributed by atoms with Crippen molar-refractivity contribution in [3.8, 4) is 11.5 Å². The van der Waals surface area contributed by atoms with Crippen LogP contribution in [0.1, 0.15) is 63.4 Å². The number of hydrogen-bond acceptors (Lipinski definition) is 16.